The first-order valence-corrected chi connectivity index (χ1v) is 13.6. The summed E-state index contributed by atoms with van der Waals surface area (Å²) in [7, 11) is -2.00. The summed E-state index contributed by atoms with van der Waals surface area (Å²) in [5.74, 6) is 0.475. The first-order valence-electron chi connectivity index (χ1n) is 11.8. The Kier molecular flexibility index (Phi) is 7.07. The van der Waals surface area contributed by atoms with E-state index in [2.05, 4.69) is 9.97 Å². The van der Waals surface area contributed by atoms with Gasteiger partial charge in [0.25, 0.3) is 10.0 Å². The molecule has 11 heteroatoms. The zero-order valence-corrected chi connectivity index (χ0v) is 22.8. The fourth-order valence-corrected chi connectivity index (χ4v) is 5.70. The molecule has 1 amide bonds. The van der Waals surface area contributed by atoms with Crippen LogP contribution in [0.2, 0.25) is 0 Å². The number of anilines is 1. The number of aryl methyl sites for hydroxylation is 1. The molecule has 1 aliphatic heterocycles. The van der Waals surface area contributed by atoms with Crippen molar-refractivity contribution in [3.63, 3.8) is 0 Å². The van der Waals surface area contributed by atoms with E-state index < -0.39 is 15.6 Å². The van der Waals surface area contributed by atoms with E-state index in [1.807, 2.05) is 34.7 Å². The average Bonchev–Trinajstić information content (AvgIpc) is 3.26. The summed E-state index contributed by atoms with van der Waals surface area (Å²) >= 11 is 5.77. The Morgan fingerprint density at radius 3 is 2.56 bits per heavy atom. The highest BCUT2D eigenvalue weighted by molar-refractivity contribution is 7.90. The topological polar surface area (TPSA) is 97.6 Å². The molecule has 1 fully saturated rings. The highest BCUT2D eigenvalue weighted by Gasteiger charge is 2.31. The van der Waals surface area contributed by atoms with Gasteiger partial charge in [-0.15, -0.1) is 0 Å². The molecular weight excluding hydrogens is 498 g/mol. The van der Waals surface area contributed by atoms with Gasteiger partial charge in [-0.1, -0.05) is 29.9 Å². The minimum atomic E-state index is -3.81. The van der Waals surface area contributed by atoms with Crippen LogP contribution in [-0.4, -0.2) is 64.1 Å². The number of amides is 1. The van der Waals surface area contributed by atoms with Crippen molar-refractivity contribution < 1.29 is 17.9 Å². The molecule has 2 aromatic heterocycles. The van der Waals surface area contributed by atoms with Crippen LogP contribution < -0.4 is 4.90 Å². The largest absolute Gasteiger partial charge is 0.444 e. The fraction of sp³-hybridized carbons (Fsp3) is 0.440. The van der Waals surface area contributed by atoms with E-state index in [0.29, 0.717) is 29.4 Å². The number of hydrogen-bond acceptors (Lipinski definition) is 7. The summed E-state index contributed by atoms with van der Waals surface area (Å²) in [6.07, 6.45) is 4.31. The van der Waals surface area contributed by atoms with Crippen molar-refractivity contribution in [3.05, 3.63) is 48.3 Å². The number of ether oxygens (including phenoxy) is 1. The van der Waals surface area contributed by atoms with Crippen LogP contribution in [0.25, 0.3) is 11.2 Å². The number of rotatable bonds is 4. The average molecular weight is 530 g/mol. The number of hydrogen-bond donors (Lipinski definition) is 0. The molecule has 9 nitrogen and oxygen atoms in total. The number of benzene rings is 1. The van der Waals surface area contributed by atoms with Crippen LogP contribution in [0.15, 0.2) is 47.6 Å². The number of carbonyl (C=O) groups excluding carboxylic acids is 1. The van der Waals surface area contributed by atoms with Crippen molar-refractivity contribution in [1.29, 1.82) is 0 Å². The maximum absolute atomic E-state index is 13.1. The SMILES string of the molecule is Cc1ccc(S(=O)(=O)n2ccc3nc(N(C)C(=S)[C@@H]4CCCN(C(=O)OC(C)(C)C)C4)cnc32)cc1. The van der Waals surface area contributed by atoms with E-state index >= 15 is 0 Å². The smallest absolute Gasteiger partial charge is 0.410 e. The first-order chi connectivity index (χ1) is 16.9. The van der Waals surface area contributed by atoms with E-state index in [9.17, 15) is 13.2 Å². The number of aromatic nitrogens is 3. The molecule has 192 valence electrons. The highest BCUT2D eigenvalue weighted by atomic mass is 32.2. The Labute approximate surface area is 217 Å². The molecule has 1 aromatic carbocycles. The summed E-state index contributed by atoms with van der Waals surface area (Å²) in [6, 6.07) is 8.30. The zero-order chi connectivity index (χ0) is 26.3. The minimum Gasteiger partial charge on any atom is -0.444 e. The first kappa shape index (κ1) is 26.0. The van der Waals surface area contributed by atoms with Crippen molar-refractivity contribution >= 4 is 50.3 Å². The van der Waals surface area contributed by atoms with Gasteiger partial charge >= 0.3 is 6.09 Å². The van der Waals surface area contributed by atoms with Crippen molar-refractivity contribution in [2.24, 2.45) is 5.92 Å². The Hall–Kier alpha value is -3.05. The van der Waals surface area contributed by atoms with E-state index in [4.69, 9.17) is 17.0 Å². The molecule has 1 aliphatic rings. The van der Waals surface area contributed by atoms with Gasteiger partial charge in [0.15, 0.2) is 11.5 Å². The molecule has 36 heavy (non-hydrogen) atoms. The van der Waals surface area contributed by atoms with Crippen molar-refractivity contribution in [1.82, 2.24) is 18.8 Å². The number of thiocarbonyl (C=S) groups is 1. The molecule has 0 spiro atoms. The maximum atomic E-state index is 13.1. The van der Waals surface area contributed by atoms with Gasteiger partial charge in [0, 0.05) is 32.3 Å². The van der Waals surface area contributed by atoms with Gasteiger partial charge < -0.3 is 14.5 Å². The third kappa shape index (κ3) is 5.36. The summed E-state index contributed by atoms with van der Waals surface area (Å²) < 4.78 is 33.0. The number of nitrogens with zero attached hydrogens (tertiary/aromatic N) is 5. The van der Waals surface area contributed by atoms with Crippen molar-refractivity contribution in [3.8, 4) is 0 Å². The second-order valence-electron chi connectivity index (χ2n) is 10.0. The fourth-order valence-electron chi connectivity index (χ4n) is 4.11. The van der Waals surface area contributed by atoms with Gasteiger partial charge in [-0.2, -0.15) is 0 Å². The number of likely N-dealkylation sites (tertiary alicyclic amines) is 1. The summed E-state index contributed by atoms with van der Waals surface area (Å²) in [6.45, 7) is 8.54. The van der Waals surface area contributed by atoms with Gasteiger partial charge in [0.05, 0.1) is 16.1 Å². The van der Waals surface area contributed by atoms with Crippen molar-refractivity contribution in [2.75, 3.05) is 25.0 Å². The van der Waals surface area contributed by atoms with E-state index in [1.54, 1.807) is 40.1 Å². The van der Waals surface area contributed by atoms with Crippen LogP contribution >= 0.6 is 12.2 Å². The molecule has 0 unspecified atom stereocenters. The highest BCUT2D eigenvalue weighted by Crippen LogP contribution is 2.26. The number of piperidine rings is 1. The Morgan fingerprint density at radius 2 is 1.89 bits per heavy atom. The van der Waals surface area contributed by atoms with Crippen LogP contribution in [0.5, 0.6) is 0 Å². The Balaban J connectivity index is 1.53. The Morgan fingerprint density at radius 1 is 1.19 bits per heavy atom. The molecule has 1 atom stereocenters. The summed E-state index contributed by atoms with van der Waals surface area (Å²) in [4.78, 5) is 25.9. The monoisotopic (exact) mass is 529 g/mol. The molecule has 0 saturated carbocycles. The lowest BCUT2D eigenvalue weighted by atomic mass is 9.97. The molecule has 1 saturated heterocycles. The number of fused-ring (bicyclic) bond motifs is 1. The molecule has 0 radical (unpaired) electrons. The molecule has 0 bridgehead atoms. The lowest BCUT2D eigenvalue weighted by Gasteiger charge is -2.36. The summed E-state index contributed by atoms with van der Waals surface area (Å²) in [5, 5.41) is 0. The Bertz CT molecular complexity index is 1390. The van der Waals surface area contributed by atoms with Crippen LogP contribution in [-0.2, 0) is 14.8 Å². The molecule has 0 N–H and O–H groups in total. The second kappa shape index (κ2) is 9.78. The van der Waals surface area contributed by atoms with Crippen LogP contribution in [0.3, 0.4) is 0 Å². The quantitative estimate of drug-likeness (QED) is 0.459. The molecule has 3 aromatic rings. The lowest BCUT2D eigenvalue weighted by Crippen LogP contribution is -2.47. The van der Waals surface area contributed by atoms with Crippen LogP contribution in [0, 0.1) is 12.8 Å². The predicted octanol–water partition coefficient (Wildman–Crippen LogP) is 4.39. The summed E-state index contributed by atoms with van der Waals surface area (Å²) in [5.41, 5.74) is 1.10. The molecule has 4 rings (SSSR count). The number of carbonyl (C=O) groups is 1. The van der Waals surface area contributed by atoms with Crippen LogP contribution in [0.1, 0.15) is 39.2 Å². The molecule has 3 heterocycles. The molecular formula is C25H31N5O4S2. The van der Waals surface area contributed by atoms with Gasteiger partial charge in [0.1, 0.15) is 11.1 Å². The molecule has 0 aliphatic carbocycles. The van der Waals surface area contributed by atoms with E-state index in [0.717, 1.165) is 22.4 Å². The lowest BCUT2D eigenvalue weighted by molar-refractivity contribution is 0.0194. The van der Waals surface area contributed by atoms with E-state index in [1.165, 1.54) is 12.4 Å². The third-order valence-electron chi connectivity index (χ3n) is 6.02. The normalized spacial score (nSPS) is 16.7. The zero-order valence-electron chi connectivity index (χ0n) is 21.1. The third-order valence-corrected chi connectivity index (χ3v) is 8.30. The standard InChI is InChI=1S/C25H31N5O4S2/c1-17-8-10-19(11-9-17)36(32,33)30-14-12-20-22(30)26-15-21(27-20)28(5)23(35)18-7-6-13-29(16-18)24(31)34-25(2,3)4/h8-12,14-15,18H,6-7,13,16H2,1-5H3/t18-/m1/s1. The predicted molar refractivity (Wildman–Crippen MR) is 143 cm³/mol. The van der Waals surface area contributed by atoms with Gasteiger partial charge in [-0.25, -0.2) is 27.2 Å². The minimum absolute atomic E-state index is 0.0321. The van der Waals surface area contributed by atoms with E-state index in [-0.39, 0.29) is 22.6 Å². The van der Waals surface area contributed by atoms with Gasteiger partial charge in [-0.3, -0.25) is 0 Å². The van der Waals surface area contributed by atoms with Gasteiger partial charge in [-0.05, 0) is 58.7 Å². The van der Waals surface area contributed by atoms with Crippen LogP contribution in [0.4, 0.5) is 10.6 Å². The maximum Gasteiger partial charge on any atom is 0.410 e. The second-order valence-corrected chi connectivity index (χ2v) is 12.3. The van der Waals surface area contributed by atoms with Crippen molar-refractivity contribution in [2.45, 2.75) is 51.0 Å². The van der Waals surface area contributed by atoms with Gasteiger partial charge in [0.2, 0.25) is 0 Å².